The molecule has 0 amide bonds. The van der Waals surface area contributed by atoms with E-state index in [0.29, 0.717) is 12.5 Å². The molecule has 3 rings (SSSR count). The lowest BCUT2D eigenvalue weighted by Crippen LogP contribution is -2.15. The van der Waals surface area contributed by atoms with Gasteiger partial charge in [0.05, 0.1) is 5.69 Å². The van der Waals surface area contributed by atoms with Gasteiger partial charge in [0.1, 0.15) is 0 Å². The van der Waals surface area contributed by atoms with Crippen LogP contribution in [0.1, 0.15) is 17.9 Å². The highest BCUT2D eigenvalue weighted by Gasteiger charge is 2.21. The van der Waals surface area contributed by atoms with Crippen LogP contribution in [0.5, 0.6) is 0 Å². The second kappa shape index (κ2) is 4.66. The first-order chi connectivity index (χ1) is 8.76. The lowest BCUT2D eigenvalue weighted by molar-refractivity contribution is 0.392. The molecule has 1 atom stereocenters. The van der Waals surface area contributed by atoms with Crippen LogP contribution >= 0.6 is 0 Å². The van der Waals surface area contributed by atoms with Crippen LogP contribution in [0, 0.1) is 5.92 Å². The lowest BCUT2D eigenvalue weighted by atomic mass is 10.1. The standard InChI is InChI=1S/C13H19N5/c1-17-6-5-10(9-17)7-12-15-13-4-2-3-11(8-14)18(13)16-12/h2-4,10H,5-9,14H2,1H3. The number of aromatic nitrogens is 3. The van der Waals surface area contributed by atoms with Crippen molar-refractivity contribution in [1.82, 2.24) is 19.5 Å². The highest BCUT2D eigenvalue weighted by atomic mass is 15.3. The van der Waals surface area contributed by atoms with Gasteiger partial charge in [0, 0.05) is 19.5 Å². The Bertz CT molecular complexity index is 547. The van der Waals surface area contributed by atoms with Crippen LogP contribution in [0.3, 0.4) is 0 Å². The summed E-state index contributed by atoms with van der Waals surface area (Å²) in [5.74, 6) is 1.63. The van der Waals surface area contributed by atoms with Crippen molar-refractivity contribution in [3.63, 3.8) is 0 Å². The van der Waals surface area contributed by atoms with Crippen LogP contribution in [-0.4, -0.2) is 39.6 Å². The Morgan fingerprint density at radius 2 is 2.33 bits per heavy atom. The molecule has 1 fully saturated rings. The zero-order valence-electron chi connectivity index (χ0n) is 10.7. The van der Waals surface area contributed by atoms with Gasteiger partial charge in [-0.15, -0.1) is 0 Å². The van der Waals surface area contributed by atoms with Gasteiger partial charge in [-0.3, -0.25) is 0 Å². The molecule has 0 radical (unpaired) electrons. The minimum absolute atomic E-state index is 0.492. The number of nitrogens with zero attached hydrogens (tertiary/aromatic N) is 4. The van der Waals surface area contributed by atoms with E-state index in [-0.39, 0.29) is 0 Å². The molecule has 0 aliphatic carbocycles. The lowest BCUT2D eigenvalue weighted by Gasteiger charge is -2.07. The van der Waals surface area contributed by atoms with Crippen LogP contribution in [0.15, 0.2) is 18.2 Å². The van der Waals surface area contributed by atoms with E-state index in [4.69, 9.17) is 5.73 Å². The molecule has 0 aromatic carbocycles. The van der Waals surface area contributed by atoms with Crippen molar-refractivity contribution >= 4 is 5.65 Å². The number of fused-ring (bicyclic) bond motifs is 1. The molecule has 96 valence electrons. The molecule has 2 N–H and O–H groups in total. The van der Waals surface area contributed by atoms with E-state index in [1.807, 2.05) is 22.7 Å². The molecule has 5 heteroatoms. The monoisotopic (exact) mass is 245 g/mol. The summed E-state index contributed by atoms with van der Waals surface area (Å²) in [6.07, 6.45) is 2.21. The van der Waals surface area contributed by atoms with E-state index < -0.39 is 0 Å². The molecule has 1 unspecified atom stereocenters. The molecule has 0 saturated carbocycles. The Labute approximate surface area is 107 Å². The first-order valence-electron chi connectivity index (χ1n) is 6.48. The number of nitrogens with two attached hydrogens (primary N) is 1. The van der Waals surface area contributed by atoms with E-state index in [0.717, 1.165) is 30.1 Å². The number of hydrogen-bond donors (Lipinski definition) is 1. The predicted molar refractivity (Wildman–Crippen MR) is 70.2 cm³/mol. The maximum Gasteiger partial charge on any atom is 0.155 e. The Morgan fingerprint density at radius 1 is 1.44 bits per heavy atom. The SMILES string of the molecule is CN1CCC(Cc2nc3cccc(CN)n3n2)C1. The summed E-state index contributed by atoms with van der Waals surface area (Å²) in [4.78, 5) is 6.95. The molecule has 2 aromatic rings. The highest BCUT2D eigenvalue weighted by Crippen LogP contribution is 2.18. The molecule has 3 heterocycles. The molecule has 2 aromatic heterocycles. The topological polar surface area (TPSA) is 59.5 Å². The van der Waals surface area contributed by atoms with Gasteiger partial charge < -0.3 is 10.6 Å². The fraction of sp³-hybridized carbons (Fsp3) is 0.538. The van der Waals surface area contributed by atoms with Crippen LogP contribution in [0.25, 0.3) is 5.65 Å². The van der Waals surface area contributed by atoms with E-state index in [1.54, 1.807) is 0 Å². The Balaban J connectivity index is 1.85. The molecule has 5 nitrogen and oxygen atoms in total. The fourth-order valence-electron chi connectivity index (χ4n) is 2.70. The minimum atomic E-state index is 0.492. The number of rotatable bonds is 3. The van der Waals surface area contributed by atoms with Crippen molar-refractivity contribution in [2.75, 3.05) is 20.1 Å². The van der Waals surface area contributed by atoms with Gasteiger partial charge >= 0.3 is 0 Å². The minimum Gasteiger partial charge on any atom is -0.325 e. The largest absolute Gasteiger partial charge is 0.325 e. The van der Waals surface area contributed by atoms with Gasteiger partial charge in [-0.05, 0) is 38.1 Å². The highest BCUT2D eigenvalue weighted by molar-refractivity contribution is 5.38. The molecule has 0 spiro atoms. The van der Waals surface area contributed by atoms with E-state index >= 15 is 0 Å². The van der Waals surface area contributed by atoms with Crippen LogP contribution in [0.4, 0.5) is 0 Å². The average molecular weight is 245 g/mol. The summed E-state index contributed by atoms with van der Waals surface area (Å²) in [5.41, 5.74) is 7.62. The van der Waals surface area contributed by atoms with Gasteiger partial charge in [-0.25, -0.2) is 9.50 Å². The molecule has 18 heavy (non-hydrogen) atoms. The normalized spacial score (nSPS) is 20.9. The molecular weight excluding hydrogens is 226 g/mol. The van der Waals surface area contributed by atoms with Crippen molar-refractivity contribution in [2.24, 2.45) is 11.7 Å². The summed E-state index contributed by atoms with van der Waals surface area (Å²) < 4.78 is 1.87. The second-order valence-corrected chi connectivity index (χ2v) is 5.14. The van der Waals surface area contributed by atoms with E-state index in [2.05, 4.69) is 22.0 Å². The van der Waals surface area contributed by atoms with E-state index in [1.165, 1.54) is 13.0 Å². The smallest absolute Gasteiger partial charge is 0.155 e. The number of pyridine rings is 1. The summed E-state index contributed by atoms with van der Waals surface area (Å²) in [5, 5.41) is 4.58. The summed E-state index contributed by atoms with van der Waals surface area (Å²) in [7, 11) is 2.17. The summed E-state index contributed by atoms with van der Waals surface area (Å²) >= 11 is 0. The third-order valence-electron chi connectivity index (χ3n) is 3.65. The second-order valence-electron chi connectivity index (χ2n) is 5.14. The quantitative estimate of drug-likeness (QED) is 0.864. The zero-order chi connectivity index (χ0) is 12.5. The molecule has 1 saturated heterocycles. The molecule has 0 bridgehead atoms. The fourth-order valence-corrected chi connectivity index (χ4v) is 2.70. The maximum atomic E-state index is 5.71. The van der Waals surface area contributed by atoms with Gasteiger partial charge in [0.2, 0.25) is 0 Å². The average Bonchev–Trinajstić information content (AvgIpc) is 2.94. The summed E-state index contributed by atoms with van der Waals surface area (Å²) in [6, 6.07) is 5.96. The molecular formula is C13H19N5. The van der Waals surface area contributed by atoms with Crippen LogP contribution < -0.4 is 5.73 Å². The maximum absolute atomic E-state index is 5.71. The van der Waals surface area contributed by atoms with Crippen LogP contribution in [-0.2, 0) is 13.0 Å². The van der Waals surface area contributed by atoms with Crippen molar-refractivity contribution in [3.05, 3.63) is 29.7 Å². The molecule has 1 aliphatic rings. The van der Waals surface area contributed by atoms with Gasteiger partial charge in [-0.1, -0.05) is 6.07 Å². The van der Waals surface area contributed by atoms with Crippen molar-refractivity contribution in [1.29, 1.82) is 0 Å². The summed E-state index contributed by atoms with van der Waals surface area (Å²) in [6.45, 7) is 2.83. The Morgan fingerprint density at radius 3 is 3.06 bits per heavy atom. The van der Waals surface area contributed by atoms with Crippen LogP contribution in [0.2, 0.25) is 0 Å². The van der Waals surface area contributed by atoms with Crippen molar-refractivity contribution in [3.8, 4) is 0 Å². The Kier molecular flexibility index (Phi) is 3.01. The van der Waals surface area contributed by atoms with Crippen molar-refractivity contribution in [2.45, 2.75) is 19.4 Å². The van der Waals surface area contributed by atoms with Gasteiger partial charge in [0.25, 0.3) is 0 Å². The number of hydrogen-bond acceptors (Lipinski definition) is 4. The van der Waals surface area contributed by atoms with Crippen molar-refractivity contribution < 1.29 is 0 Å². The van der Waals surface area contributed by atoms with E-state index in [9.17, 15) is 0 Å². The third kappa shape index (κ3) is 2.11. The van der Waals surface area contributed by atoms with Gasteiger partial charge in [0.15, 0.2) is 11.5 Å². The predicted octanol–water partition coefficient (Wildman–Crippen LogP) is 0.682. The zero-order valence-corrected chi connectivity index (χ0v) is 10.7. The number of likely N-dealkylation sites (tertiary alicyclic amines) is 1. The van der Waals surface area contributed by atoms with Gasteiger partial charge in [-0.2, -0.15) is 5.10 Å². The first-order valence-corrected chi connectivity index (χ1v) is 6.48. The third-order valence-corrected chi connectivity index (χ3v) is 3.65. The Hall–Kier alpha value is -1.46. The first kappa shape index (κ1) is 11.6. The molecule has 1 aliphatic heterocycles.